The van der Waals surface area contributed by atoms with Crippen molar-refractivity contribution in [1.82, 2.24) is 19.1 Å². The zero-order valence-corrected chi connectivity index (χ0v) is 19.5. The van der Waals surface area contributed by atoms with Crippen LogP contribution in [0.25, 0.3) is 0 Å². The van der Waals surface area contributed by atoms with E-state index >= 15 is 0 Å². The molecule has 1 saturated heterocycles. The highest BCUT2D eigenvalue weighted by Gasteiger charge is 2.76. The molecule has 34 heavy (non-hydrogen) atoms. The molecule has 3 aromatic rings. The highest BCUT2D eigenvalue weighted by Crippen LogP contribution is 2.74. The Morgan fingerprint density at radius 1 is 1.21 bits per heavy atom. The topological polar surface area (TPSA) is 58.9 Å². The number of benzene rings is 1. The third kappa shape index (κ3) is 2.96. The Labute approximate surface area is 199 Å². The van der Waals surface area contributed by atoms with E-state index in [4.69, 9.17) is 4.98 Å². The standard InChI is InChI=1S/C24H25F3N6S/c1-13-9-19(34-31-13)32-11-18-20(17-10-23(17,18)12-32)28-22-29-21-15(6-4-8-33(21)30-22)14-5-2-3-7-16(14)24(25,26)27/h2-3,5,7,9,15,17-18,20H,4,6,8,10-12H2,1H3,(H,28,30)/t15?,17-,18-,20+,23?/m0/s1. The Hall–Kier alpha value is -2.62. The molecule has 4 heterocycles. The molecule has 4 aliphatic rings. The summed E-state index contributed by atoms with van der Waals surface area (Å²) in [6.45, 7) is 4.81. The number of hydrogen-bond donors (Lipinski definition) is 1. The van der Waals surface area contributed by atoms with E-state index in [2.05, 4.69) is 25.8 Å². The lowest BCUT2D eigenvalue weighted by molar-refractivity contribution is -0.138. The molecular weight excluding hydrogens is 461 g/mol. The molecule has 0 radical (unpaired) electrons. The number of halogens is 3. The Morgan fingerprint density at radius 2 is 2.06 bits per heavy atom. The molecule has 5 atom stereocenters. The minimum absolute atomic E-state index is 0.297. The van der Waals surface area contributed by atoms with Crippen LogP contribution in [0, 0.1) is 24.2 Å². The van der Waals surface area contributed by atoms with Gasteiger partial charge in [0, 0.05) is 37.5 Å². The Morgan fingerprint density at radius 3 is 2.85 bits per heavy atom. The van der Waals surface area contributed by atoms with E-state index < -0.39 is 17.7 Å². The lowest BCUT2D eigenvalue weighted by Crippen LogP contribution is -2.47. The highest BCUT2D eigenvalue weighted by molar-refractivity contribution is 7.10. The molecule has 2 aliphatic heterocycles. The van der Waals surface area contributed by atoms with Gasteiger partial charge in [-0.2, -0.15) is 22.5 Å². The average Bonchev–Trinajstić information content (AvgIpc) is 3.14. The SMILES string of the molecule is Cc1cc(N2C[C@H]3[C@H](Nc4nc5n(n4)CCCC5c4ccccc4C(F)(F)F)[C@@H]4CC34C2)sn1. The molecule has 1 aromatic carbocycles. The van der Waals surface area contributed by atoms with Crippen LogP contribution in [-0.4, -0.2) is 38.3 Å². The van der Waals surface area contributed by atoms with Crippen LogP contribution in [0.4, 0.5) is 24.1 Å². The molecule has 7 rings (SSSR count). The zero-order valence-electron chi connectivity index (χ0n) is 18.7. The highest BCUT2D eigenvalue weighted by atomic mass is 32.1. The van der Waals surface area contributed by atoms with E-state index in [0.717, 1.165) is 25.2 Å². The number of aromatic nitrogens is 4. The lowest BCUT2D eigenvalue weighted by Gasteiger charge is -2.38. The fourth-order valence-electron chi connectivity index (χ4n) is 6.82. The maximum Gasteiger partial charge on any atom is 0.416 e. The van der Waals surface area contributed by atoms with E-state index in [9.17, 15) is 13.2 Å². The number of fused-ring (bicyclic) bond motifs is 1. The van der Waals surface area contributed by atoms with Gasteiger partial charge in [0.15, 0.2) is 0 Å². The van der Waals surface area contributed by atoms with Crippen LogP contribution >= 0.6 is 11.5 Å². The second-order valence-corrected chi connectivity index (χ2v) is 11.1. The van der Waals surface area contributed by atoms with Crippen molar-refractivity contribution in [3.63, 3.8) is 0 Å². The molecule has 1 N–H and O–H groups in total. The third-order valence-electron chi connectivity index (χ3n) is 8.43. The summed E-state index contributed by atoms with van der Waals surface area (Å²) < 4.78 is 47.3. The number of anilines is 2. The van der Waals surface area contributed by atoms with Crippen molar-refractivity contribution in [1.29, 1.82) is 0 Å². The van der Waals surface area contributed by atoms with Crippen LogP contribution in [0.3, 0.4) is 0 Å². The van der Waals surface area contributed by atoms with Gasteiger partial charge in [0.25, 0.3) is 0 Å². The first-order valence-electron chi connectivity index (χ1n) is 11.9. The molecule has 2 unspecified atom stereocenters. The van der Waals surface area contributed by atoms with Crippen LogP contribution in [0.2, 0.25) is 0 Å². The summed E-state index contributed by atoms with van der Waals surface area (Å²) in [5.41, 5.74) is 1.19. The van der Waals surface area contributed by atoms with Gasteiger partial charge >= 0.3 is 6.18 Å². The molecule has 0 amide bonds. The predicted molar refractivity (Wildman–Crippen MR) is 123 cm³/mol. The summed E-state index contributed by atoms with van der Waals surface area (Å²) in [6.07, 6.45) is -1.73. The van der Waals surface area contributed by atoms with Gasteiger partial charge in [-0.05, 0) is 66.7 Å². The van der Waals surface area contributed by atoms with E-state index in [1.807, 2.05) is 11.6 Å². The van der Waals surface area contributed by atoms with Gasteiger partial charge in [-0.3, -0.25) is 0 Å². The van der Waals surface area contributed by atoms with Gasteiger partial charge < -0.3 is 10.2 Å². The van der Waals surface area contributed by atoms with E-state index in [0.29, 0.717) is 53.6 Å². The summed E-state index contributed by atoms with van der Waals surface area (Å²) in [4.78, 5) is 7.22. The number of aryl methyl sites for hydroxylation is 2. The van der Waals surface area contributed by atoms with Crippen molar-refractivity contribution in [3.05, 3.63) is 53.0 Å². The molecule has 2 saturated carbocycles. The average molecular weight is 487 g/mol. The number of hydrogen-bond acceptors (Lipinski definition) is 6. The van der Waals surface area contributed by atoms with Crippen LogP contribution in [0.5, 0.6) is 0 Å². The van der Waals surface area contributed by atoms with Crippen LogP contribution in [-0.2, 0) is 12.7 Å². The van der Waals surface area contributed by atoms with Crippen molar-refractivity contribution in [2.75, 3.05) is 23.3 Å². The minimum Gasteiger partial charge on any atom is -0.361 e. The summed E-state index contributed by atoms with van der Waals surface area (Å²) in [5, 5.41) is 9.50. The monoisotopic (exact) mass is 486 g/mol. The quantitative estimate of drug-likeness (QED) is 0.567. The summed E-state index contributed by atoms with van der Waals surface area (Å²) >= 11 is 1.57. The van der Waals surface area contributed by atoms with Gasteiger partial charge in [-0.25, -0.2) is 4.68 Å². The predicted octanol–water partition coefficient (Wildman–Crippen LogP) is 4.92. The maximum absolute atomic E-state index is 13.7. The fraction of sp³-hybridized carbons (Fsp3) is 0.542. The fourth-order valence-corrected chi connectivity index (χ4v) is 7.58. The van der Waals surface area contributed by atoms with Gasteiger partial charge in [-0.15, -0.1) is 5.10 Å². The normalized spacial score (nSPS) is 31.5. The largest absolute Gasteiger partial charge is 0.416 e. The Balaban J connectivity index is 1.13. The first-order chi connectivity index (χ1) is 16.3. The van der Waals surface area contributed by atoms with Crippen molar-refractivity contribution < 1.29 is 13.2 Å². The van der Waals surface area contributed by atoms with Gasteiger partial charge in [0.1, 0.15) is 10.8 Å². The van der Waals surface area contributed by atoms with Crippen molar-refractivity contribution in [2.24, 2.45) is 17.3 Å². The third-order valence-corrected chi connectivity index (χ3v) is 9.37. The van der Waals surface area contributed by atoms with Gasteiger partial charge in [0.2, 0.25) is 5.95 Å². The van der Waals surface area contributed by atoms with Gasteiger partial charge in [-0.1, -0.05) is 18.2 Å². The van der Waals surface area contributed by atoms with Crippen LogP contribution < -0.4 is 10.2 Å². The summed E-state index contributed by atoms with van der Waals surface area (Å²) in [6, 6.07) is 8.37. The molecule has 178 valence electrons. The van der Waals surface area contributed by atoms with Crippen molar-refractivity contribution in [3.8, 4) is 0 Å². The summed E-state index contributed by atoms with van der Waals surface area (Å²) in [5.74, 6) is 1.97. The van der Waals surface area contributed by atoms with E-state index in [-0.39, 0.29) is 0 Å². The molecule has 3 fully saturated rings. The maximum atomic E-state index is 13.7. The van der Waals surface area contributed by atoms with Crippen LogP contribution in [0.15, 0.2) is 30.3 Å². The number of alkyl halides is 3. The lowest BCUT2D eigenvalue weighted by atomic mass is 9.71. The smallest absolute Gasteiger partial charge is 0.361 e. The molecule has 1 spiro atoms. The zero-order chi connectivity index (χ0) is 23.2. The molecule has 6 nitrogen and oxygen atoms in total. The second kappa shape index (κ2) is 6.96. The van der Waals surface area contributed by atoms with Gasteiger partial charge in [0.05, 0.1) is 11.3 Å². The number of nitrogens with zero attached hydrogens (tertiary/aromatic N) is 5. The second-order valence-electron chi connectivity index (χ2n) is 10.3. The van der Waals surface area contributed by atoms with Crippen molar-refractivity contribution in [2.45, 2.75) is 50.9 Å². The number of nitrogens with one attached hydrogen (secondary N) is 1. The first kappa shape index (κ1) is 20.7. The van der Waals surface area contributed by atoms with E-state index in [1.54, 1.807) is 23.7 Å². The molecule has 2 aliphatic carbocycles. The first-order valence-corrected chi connectivity index (χ1v) is 12.7. The van der Waals surface area contributed by atoms with E-state index in [1.165, 1.54) is 23.6 Å². The molecule has 0 bridgehead atoms. The molecule has 2 aromatic heterocycles. The Kier molecular flexibility index (Phi) is 4.24. The molecular formula is C24H25F3N6S. The number of rotatable bonds is 4. The molecule has 10 heteroatoms. The summed E-state index contributed by atoms with van der Waals surface area (Å²) in [7, 11) is 0. The Bertz CT molecular complexity index is 1270. The minimum atomic E-state index is -4.38. The van der Waals surface area contributed by atoms with Crippen molar-refractivity contribution >= 4 is 22.5 Å². The van der Waals surface area contributed by atoms with Crippen LogP contribution in [0.1, 0.15) is 47.8 Å².